The highest BCUT2D eigenvalue weighted by atomic mass is 16.4. The predicted octanol–water partition coefficient (Wildman–Crippen LogP) is 2.80. The maximum atomic E-state index is 11.8. The average molecular weight is 301 g/mol. The fourth-order valence-corrected chi connectivity index (χ4v) is 3.35. The Morgan fingerprint density at radius 3 is 2.55 bits per heavy atom. The molecule has 0 radical (unpaired) electrons. The van der Waals surface area contributed by atoms with Crippen molar-refractivity contribution in [2.75, 3.05) is 6.61 Å². The molecule has 4 heteroatoms. The van der Waals surface area contributed by atoms with E-state index in [1.807, 2.05) is 13.0 Å². The summed E-state index contributed by atoms with van der Waals surface area (Å²) in [6.45, 7) is 4.79. The summed E-state index contributed by atoms with van der Waals surface area (Å²) in [4.78, 5) is 11.8. The molecule has 0 amide bonds. The van der Waals surface area contributed by atoms with E-state index < -0.39 is 0 Å². The summed E-state index contributed by atoms with van der Waals surface area (Å²) < 4.78 is 5.33. The van der Waals surface area contributed by atoms with E-state index >= 15 is 0 Å². The second kappa shape index (κ2) is 5.86. The second-order valence-corrected chi connectivity index (χ2v) is 6.52. The molecule has 0 saturated heterocycles. The molecular weight excluding hydrogens is 278 g/mol. The minimum Gasteiger partial charge on any atom is -0.423 e. The Kier molecular flexibility index (Phi) is 4.06. The molecule has 22 heavy (non-hydrogen) atoms. The quantitative estimate of drug-likeness (QED) is 0.852. The van der Waals surface area contributed by atoms with Crippen molar-refractivity contribution in [1.82, 2.24) is 5.32 Å². The second-order valence-electron chi connectivity index (χ2n) is 6.52. The first-order valence-electron chi connectivity index (χ1n) is 7.93. The molecular formula is C18H23NO3. The van der Waals surface area contributed by atoms with E-state index in [1.54, 1.807) is 6.07 Å². The molecule has 1 aliphatic carbocycles. The maximum Gasteiger partial charge on any atom is 0.336 e. The van der Waals surface area contributed by atoms with Gasteiger partial charge in [-0.2, -0.15) is 0 Å². The van der Waals surface area contributed by atoms with E-state index in [2.05, 4.69) is 18.3 Å². The van der Waals surface area contributed by atoms with Gasteiger partial charge in [0.25, 0.3) is 0 Å². The number of hydrogen-bond acceptors (Lipinski definition) is 4. The van der Waals surface area contributed by atoms with Crippen LogP contribution in [0.25, 0.3) is 11.0 Å². The number of aryl methyl sites for hydroxylation is 2. The van der Waals surface area contributed by atoms with Crippen molar-refractivity contribution in [3.63, 3.8) is 0 Å². The summed E-state index contributed by atoms with van der Waals surface area (Å²) in [5, 5.41) is 14.2. The lowest BCUT2D eigenvalue weighted by Crippen LogP contribution is -2.45. The van der Waals surface area contributed by atoms with Crippen LogP contribution >= 0.6 is 0 Å². The smallest absolute Gasteiger partial charge is 0.336 e. The SMILES string of the molecule is Cc1cc2oc(=O)cc(CNC3(CO)CCCC3)c2cc1C. The third kappa shape index (κ3) is 2.81. The van der Waals surface area contributed by atoms with Crippen LogP contribution in [0.5, 0.6) is 0 Å². The zero-order chi connectivity index (χ0) is 15.7. The summed E-state index contributed by atoms with van der Waals surface area (Å²) in [5.74, 6) is 0. The Morgan fingerprint density at radius 1 is 1.18 bits per heavy atom. The van der Waals surface area contributed by atoms with Crippen LogP contribution in [0.3, 0.4) is 0 Å². The van der Waals surface area contributed by atoms with Gasteiger partial charge in [-0.1, -0.05) is 12.8 Å². The molecule has 4 nitrogen and oxygen atoms in total. The van der Waals surface area contributed by atoms with Crippen molar-refractivity contribution < 1.29 is 9.52 Å². The van der Waals surface area contributed by atoms with Gasteiger partial charge in [-0.3, -0.25) is 0 Å². The Bertz CT molecular complexity index is 742. The molecule has 0 atom stereocenters. The number of hydrogen-bond donors (Lipinski definition) is 2. The van der Waals surface area contributed by atoms with Crippen molar-refractivity contribution in [3.05, 3.63) is 45.3 Å². The van der Waals surface area contributed by atoms with E-state index in [9.17, 15) is 9.90 Å². The minimum absolute atomic E-state index is 0.143. The van der Waals surface area contributed by atoms with Crippen LogP contribution in [-0.2, 0) is 6.54 Å². The van der Waals surface area contributed by atoms with Gasteiger partial charge in [0.1, 0.15) is 5.58 Å². The summed E-state index contributed by atoms with van der Waals surface area (Å²) in [6, 6.07) is 5.56. The normalized spacial score (nSPS) is 17.2. The fraction of sp³-hybridized carbons (Fsp3) is 0.500. The highest BCUT2D eigenvalue weighted by Gasteiger charge is 2.32. The average Bonchev–Trinajstić information content (AvgIpc) is 2.96. The molecule has 0 spiro atoms. The van der Waals surface area contributed by atoms with Gasteiger partial charge in [0.2, 0.25) is 0 Å². The fourth-order valence-electron chi connectivity index (χ4n) is 3.35. The molecule has 2 N–H and O–H groups in total. The topological polar surface area (TPSA) is 62.5 Å². The first kappa shape index (κ1) is 15.3. The molecule has 1 saturated carbocycles. The van der Waals surface area contributed by atoms with Gasteiger partial charge in [0.05, 0.1) is 6.61 Å². The van der Waals surface area contributed by atoms with Crippen LogP contribution in [-0.4, -0.2) is 17.3 Å². The van der Waals surface area contributed by atoms with Gasteiger partial charge in [-0.05, 0) is 55.5 Å². The van der Waals surface area contributed by atoms with Crippen molar-refractivity contribution in [3.8, 4) is 0 Å². The number of rotatable bonds is 4. The molecule has 0 unspecified atom stereocenters. The monoisotopic (exact) mass is 301 g/mol. The van der Waals surface area contributed by atoms with Crippen LogP contribution in [0.15, 0.2) is 27.4 Å². The third-order valence-electron chi connectivity index (χ3n) is 4.96. The van der Waals surface area contributed by atoms with Gasteiger partial charge in [0, 0.05) is 23.5 Å². The van der Waals surface area contributed by atoms with E-state index in [0.717, 1.165) is 42.2 Å². The first-order valence-corrected chi connectivity index (χ1v) is 7.93. The molecule has 1 fully saturated rings. The van der Waals surface area contributed by atoms with Gasteiger partial charge >= 0.3 is 5.63 Å². The van der Waals surface area contributed by atoms with Crippen molar-refractivity contribution in [2.45, 2.75) is 51.6 Å². The Balaban J connectivity index is 1.96. The van der Waals surface area contributed by atoms with E-state index in [1.165, 1.54) is 5.56 Å². The molecule has 3 rings (SSSR count). The van der Waals surface area contributed by atoms with Gasteiger partial charge in [-0.15, -0.1) is 0 Å². The largest absolute Gasteiger partial charge is 0.423 e. The van der Waals surface area contributed by atoms with Crippen molar-refractivity contribution in [2.24, 2.45) is 0 Å². The van der Waals surface area contributed by atoms with Crippen LogP contribution in [0.2, 0.25) is 0 Å². The van der Waals surface area contributed by atoms with Crippen LogP contribution in [0, 0.1) is 13.8 Å². The van der Waals surface area contributed by atoms with Gasteiger partial charge < -0.3 is 14.8 Å². The Hall–Kier alpha value is -1.65. The van der Waals surface area contributed by atoms with Crippen LogP contribution in [0.1, 0.15) is 42.4 Å². The lowest BCUT2D eigenvalue weighted by Gasteiger charge is -2.28. The molecule has 0 bridgehead atoms. The van der Waals surface area contributed by atoms with E-state index in [-0.39, 0.29) is 17.8 Å². The summed E-state index contributed by atoms with van der Waals surface area (Å²) in [5.41, 5.74) is 3.36. The zero-order valence-electron chi connectivity index (χ0n) is 13.2. The van der Waals surface area contributed by atoms with E-state index in [0.29, 0.717) is 12.1 Å². The summed E-state index contributed by atoms with van der Waals surface area (Å²) in [6.07, 6.45) is 4.26. The number of aliphatic hydroxyl groups is 1. The molecule has 118 valence electrons. The van der Waals surface area contributed by atoms with Crippen LogP contribution < -0.4 is 10.9 Å². The van der Waals surface area contributed by atoms with Gasteiger partial charge in [0.15, 0.2) is 0 Å². The molecule has 2 aromatic rings. The highest BCUT2D eigenvalue weighted by molar-refractivity contribution is 5.81. The lowest BCUT2D eigenvalue weighted by atomic mass is 9.97. The van der Waals surface area contributed by atoms with E-state index in [4.69, 9.17) is 4.42 Å². The minimum atomic E-state index is -0.322. The van der Waals surface area contributed by atoms with Crippen molar-refractivity contribution in [1.29, 1.82) is 0 Å². The number of benzene rings is 1. The highest BCUT2D eigenvalue weighted by Crippen LogP contribution is 2.30. The number of aliphatic hydroxyl groups excluding tert-OH is 1. The summed E-state index contributed by atoms with van der Waals surface area (Å²) >= 11 is 0. The number of fused-ring (bicyclic) bond motifs is 1. The molecule has 0 aliphatic heterocycles. The standard InChI is InChI=1S/C18H23NO3/c1-12-7-15-14(9-17(21)22-16(15)8-13(12)2)10-19-18(11-20)5-3-4-6-18/h7-9,19-20H,3-6,10-11H2,1-2H3. The third-order valence-corrected chi connectivity index (χ3v) is 4.96. The molecule has 1 aliphatic rings. The first-order chi connectivity index (χ1) is 10.5. The predicted molar refractivity (Wildman–Crippen MR) is 87.1 cm³/mol. The Morgan fingerprint density at radius 2 is 1.86 bits per heavy atom. The summed E-state index contributed by atoms with van der Waals surface area (Å²) in [7, 11) is 0. The lowest BCUT2D eigenvalue weighted by molar-refractivity contribution is 0.163. The number of nitrogens with one attached hydrogen (secondary N) is 1. The van der Waals surface area contributed by atoms with Gasteiger partial charge in [-0.25, -0.2) is 4.79 Å². The Labute approximate surface area is 130 Å². The van der Waals surface area contributed by atoms with Crippen molar-refractivity contribution >= 4 is 11.0 Å². The molecule has 1 aromatic carbocycles. The van der Waals surface area contributed by atoms with Crippen LogP contribution in [0.4, 0.5) is 0 Å². The molecule has 1 aromatic heterocycles. The zero-order valence-corrected chi connectivity index (χ0v) is 13.2. The molecule has 1 heterocycles. The maximum absolute atomic E-state index is 11.8.